The summed E-state index contributed by atoms with van der Waals surface area (Å²) in [7, 11) is 0. The molecule has 6 heteroatoms. The Kier molecular flexibility index (Phi) is 8.82. The molecule has 6 nitrogen and oxygen atoms in total. The van der Waals surface area contributed by atoms with Crippen molar-refractivity contribution in [1.29, 1.82) is 0 Å². The van der Waals surface area contributed by atoms with Gasteiger partial charge in [-0.1, -0.05) is 13.3 Å². The lowest BCUT2D eigenvalue weighted by Gasteiger charge is -2.34. The topological polar surface area (TPSA) is 78.9 Å². The maximum absolute atomic E-state index is 12.1. The molecule has 0 radical (unpaired) electrons. The number of likely N-dealkylation sites (tertiary alicyclic amines) is 1. The van der Waals surface area contributed by atoms with Gasteiger partial charge in [-0.3, -0.25) is 4.79 Å². The third-order valence-electron chi connectivity index (χ3n) is 3.68. The van der Waals surface area contributed by atoms with E-state index < -0.39 is 5.97 Å². The van der Waals surface area contributed by atoms with Gasteiger partial charge in [0.05, 0.1) is 6.42 Å². The Morgan fingerprint density at radius 3 is 2.76 bits per heavy atom. The fraction of sp³-hybridized carbons (Fsp3) is 0.867. The summed E-state index contributed by atoms with van der Waals surface area (Å²) in [5.74, 6) is -0.843. The number of unbranched alkanes of at least 4 members (excludes halogenated alkanes) is 1. The Labute approximate surface area is 126 Å². The van der Waals surface area contributed by atoms with Crippen LogP contribution in [0.15, 0.2) is 0 Å². The Balaban J connectivity index is 2.21. The molecule has 2 amide bonds. The summed E-state index contributed by atoms with van der Waals surface area (Å²) in [5, 5.41) is 11.8. The number of nitrogens with one attached hydrogen (secondary N) is 1. The number of urea groups is 1. The smallest absolute Gasteiger partial charge is 0.317 e. The number of piperidine rings is 1. The van der Waals surface area contributed by atoms with Crippen LogP contribution in [-0.2, 0) is 9.53 Å². The number of aliphatic carboxylic acids is 1. The maximum Gasteiger partial charge on any atom is 0.317 e. The highest BCUT2D eigenvalue weighted by atomic mass is 16.5. The van der Waals surface area contributed by atoms with E-state index in [4.69, 9.17) is 9.84 Å². The number of carbonyl (C=O) groups is 2. The molecule has 1 heterocycles. The first-order chi connectivity index (χ1) is 10.1. The fourth-order valence-electron chi connectivity index (χ4n) is 2.50. The van der Waals surface area contributed by atoms with Gasteiger partial charge in [-0.05, 0) is 32.1 Å². The Hall–Kier alpha value is -1.30. The predicted octanol–water partition coefficient (Wildman–Crippen LogP) is 2.23. The van der Waals surface area contributed by atoms with Crippen molar-refractivity contribution in [1.82, 2.24) is 10.2 Å². The SMILES string of the molecule is CCCCOCCCNC(=O)N1CCCCC1CC(=O)O. The lowest BCUT2D eigenvalue weighted by molar-refractivity contribution is -0.138. The number of carboxylic acids is 1. The first kappa shape index (κ1) is 17.8. The minimum Gasteiger partial charge on any atom is -0.481 e. The van der Waals surface area contributed by atoms with E-state index in [1.54, 1.807) is 4.90 Å². The summed E-state index contributed by atoms with van der Waals surface area (Å²) in [4.78, 5) is 24.6. The van der Waals surface area contributed by atoms with Gasteiger partial charge in [0.25, 0.3) is 0 Å². The van der Waals surface area contributed by atoms with Crippen LogP contribution in [-0.4, -0.2) is 54.4 Å². The number of carboxylic acid groups (broad SMARTS) is 1. The van der Waals surface area contributed by atoms with Gasteiger partial charge in [-0.15, -0.1) is 0 Å². The Morgan fingerprint density at radius 2 is 2.05 bits per heavy atom. The van der Waals surface area contributed by atoms with E-state index in [-0.39, 0.29) is 18.5 Å². The van der Waals surface area contributed by atoms with E-state index in [1.165, 1.54) is 0 Å². The quantitative estimate of drug-likeness (QED) is 0.640. The zero-order valence-electron chi connectivity index (χ0n) is 13.0. The highest BCUT2D eigenvalue weighted by Crippen LogP contribution is 2.19. The molecule has 1 aliphatic rings. The van der Waals surface area contributed by atoms with Crippen LogP contribution in [0.2, 0.25) is 0 Å². The monoisotopic (exact) mass is 300 g/mol. The zero-order chi connectivity index (χ0) is 15.5. The van der Waals surface area contributed by atoms with E-state index in [1.807, 2.05) is 0 Å². The average Bonchev–Trinajstić information content (AvgIpc) is 2.46. The van der Waals surface area contributed by atoms with Crippen LogP contribution in [0.1, 0.15) is 51.9 Å². The highest BCUT2D eigenvalue weighted by molar-refractivity contribution is 5.76. The number of hydrogen-bond acceptors (Lipinski definition) is 3. The summed E-state index contributed by atoms with van der Waals surface area (Å²) in [6.07, 6.45) is 5.73. The summed E-state index contributed by atoms with van der Waals surface area (Å²) in [6, 6.07) is -0.313. The van der Waals surface area contributed by atoms with Crippen molar-refractivity contribution in [2.75, 3.05) is 26.3 Å². The number of hydrogen-bond donors (Lipinski definition) is 2. The third-order valence-corrected chi connectivity index (χ3v) is 3.68. The van der Waals surface area contributed by atoms with Gasteiger partial charge < -0.3 is 20.1 Å². The molecule has 0 aromatic heterocycles. The first-order valence-electron chi connectivity index (χ1n) is 7.99. The van der Waals surface area contributed by atoms with Crippen molar-refractivity contribution in [3.8, 4) is 0 Å². The van der Waals surface area contributed by atoms with Crippen LogP contribution in [0.3, 0.4) is 0 Å². The van der Waals surface area contributed by atoms with E-state index >= 15 is 0 Å². The molecule has 0 spiro atoms. The lowest BCUT2D eigenvalue weighted by atomic mass is 10.00. The zero-order valence-corrected chi connectivity index (χ0v) is 13.0. The molecule has 21 heavy (non-hydrogen) atoms. The molecular weight excluding hydrogens is 272 g/mol. The van der Waals surface area contributed by atoms with Crippen LogP contribution in [0.25, 0.3) is 0 Å². The maximum atomic E-state index is 12.1. The standard InChI is InChI=1S/C15H28N2O4/c1-2-3-10-21-11-6-8-16-15(20)17-9-5-4-7-13(17)12-14(18)19/h13H,2-12H2,1H3,(H,16,20)(H,18,19). The Morgan fingerprint density at radius 1 is 1.29 bits per heavy atom. The molecule has 1 fully saturated rings. The van der Waals surface area contributed by atoms with Gasteiger partial charge in [0.2, 0.25) is 0 Å². The van der Waals surface area contributed by atoms with Gasteiger partial charge in [-0.2, -0.15) is 0 Å². The largest absolute Gasteiger partial charge is 0.481 e. The summed E-state index contributed by atoms with van der Waals surface area (Å²) < 4.78 is 5.43. The number of carbonyl (C=O) groups excluding carboxylic acids is 1. The Bertz CT molecular complexity index is 323. The fourth-order valence-corrected chi connectivity index (χ4v) is 2.50. The van der Waals surface area contributed by atoms with E-state index in [2.05, 4.69) is 12.2 Å². The van der Waals surface area contributed by atoms with Gasteiger partial charge in [0.15, 0.2) is 0 Å². The average molecular weight is 300 g/mol. The van der Waals surface area contributed by atoms with Crippen molar-refractivity contribution in [2.45, 2.75) is 57.9 Å². The van der Waals surface area contributed by atoms with Gasteiger partial charge >= 0.3 is 12.0 Å². The van der Waals surface area contributed by atoms with Gasteiger partial charge in [-0.25, -0.2) is 4.79 Å². The second-order valence-corrected chi connectivity index (χ2v) is 5.49. The summed E-state index contributed by atoms with van der Waals surface area (Å²) in [5.41, 5.74) is 0. The molecular formula is C15H28N2O4. The molecule has 0 aromatic rings. The molecule has 1 aliphatic heterocycles. The molecule has 0 aromatic carbocycles. The van der Waals surface area contributed by atoms with Crippen molar-refractivity contribution < 1.29 is 19.4 Å². The number of amides is 2. The van der Waals surface area contributed by atoms with E-state index in [0.29, 0.717) is 19.7 Å². The third kappa shape index (κ3) is 7.32. The van der Waals surface area contributed by atoms with E-state index in [0.717, 1.165) is 45.1 Å². The summed E-state index contributed by atoms with van der Waals surface area (Å²) >= 11 is 0. The molecule has 0 aliphatic carbocycles. The van der Waals surface area contributed by atoms with Crippen LogP contribution >= 0.6 is 0 Å². The lowest BCUT2D eigenvalue weighted by Crippen LogP contribution is -2.49. The van der Waals surface area contributed by atoms with Gasteiger partial charge in [0.1, 0.15) is 0 Å². The second-order valence-electron chi connectivity index (χ2n) is 5.49. The molecule has 122 valence electrons. The van der Waals surface area contributed by atoms with E-state index in [9.17, 15) is 9.59 Å². The highest BCUT2D eigenvalue weighted by Gasteiger charge is 2.28. The molecule has 0 saturated carbocycles. The van der Waals surface area contributed by atoms with Crippen molar-refractivity contribution in [3.63, 3.8) is 0 Å². The minimum atomic E-state index is -0.843. The van der Waals surface area contributed by atoms with Crippen molar-refractivity contribution >= 4 is 12.0 Å². The van der Waals surface area contributed by atoms with Crippen molar-refractivity contribution in [2.24, 2.45) is 0 Å². The van der Waals surface area contributed by atoms with Crippen LogP contribution in [0.5, 0.6) is 0 Å². The molecule has 1 rings (SSSR count). The number of ether oxygens (including phenoxy) is 1. The van der Waals surface area contributed by atoms with Gasteiger partial charge in [0, 0.05) is 32.3 Å². The summed E-state index contributed by atoms with van der Waals surface area (Å²) in [6.45, 7) is 4.77. The predicted molar refractivity (Wildman–Crippen MR) is 80.3 cm³/mol. The van der Waals surface area contributed by atoms with Crippen LogP contribution < -0.4 is 5.32 Å². The molecule has 1 saturated heterocycles. The molecule has 1 atom stereocenters. The van der Waals surface area contributed by atoms with Crippen LogP contribution in [0.4, 0.5) is 4.79 Å². The molecule has 0 bridgehead atoms. The number of nitrogens with zero attached hydrogens (tertiary/aromatic N) is 1. The second kappa shape index (κ2) is 10.4. The molecule has 2 N–H and O–H groups in total. The number of rotatable bonds is 9. The van der Waals surface area contributed by atoms with Crippen molar-refractivity contribution in [3.05, 3.63) is 0 Å². The molecule has 1 unspecified atom stereocenters. The first-order valence-corrected chi connectivity index (χ1v) is 7.99. The normalized spacial score (nSPS) is 18.5. The minimum absolute atomic E-state index is 0.0353. The van der Waals surface area contributed by atoms with Crippen LogP contribution in [0, 0.1) is 0 Å².